The normalized spacial score (nSPS) is 17.8. The van der Waals surface area contributed by atoms with Crippen LogP contribution in [-0.2, 0) is 4.74 Å². The van der Waals surface area contributed by atoms with E-state index in [2.05, 4.69) is 16.8 Å². The highest BCUT2D eigenvalue weighted by Gasteiger charge is 2.20. The molecule has 1 aromatic heterocycles. The third kappa shape index (κ3) is 2.27. The van der Waals surface area contributed by atoms with E-state index in [1.54, 1.807) is 13.3 Å². The zero-order valence-corrected chi connectivity index (χ0v) is 9.94. The molecule has 4 nitrogen and oxygen atoms in total. The van der Waals surface area contributed by atoms with Crippen molar-refractivity contribution in [1.82, 2.24) is 4.98 Å². The molecule has 2 rings (SSSR count). The lowest BCUT2D eigenvalue weighted by molar-refractivity contribution is 0.0818. The summed E-state index contributed by atoms with van der Waals surface area (Å²) < 4.78 is 5.36. The Balaban J connectivity index is 2.08. The number of hydrogen-bond donors (Lipinski definition) is 1. The van der Waals surface area contributed by atoms with Gasteiger partial charge in [-0.2, -0.15) is 0 Å². The highest BCUT2D eigenvalue weighted by molar-refractivity contribution is 5.52. The van der Waals surface area contributed by atoms with Crippen molar-refractivity contribution in [3.63, 3.8) is 0 Å². The minimum atomic E-state index is 0.408. The molecule has 0 aromatic carbocycles. The molecule has 2 N–H and O–H groups in total. The van der Waals surface area contributed by atoms with Crippen molar-refractivity contribution >= 4 is 11.5 Å². The fraction of sp³-hybridized carbons (Fsp3) is 0.583. The highest BCUT2D eigenvalue weighted by atomic mass is 16.5. The molecule has 0 amide bonds. The number of piperidine rings is 1. The summed E-state index contributed by atoms with van der Waals surface area (Å²) in [5.41, 5.74) is 7.58. The maximum Gasteiger partial charge on any atom is 0.131 e. The van der Waals surface area contributed by atoms with Crippen molar-refractivity contribution in [3.05, 3.63) is 17.8 Å². The molecule has 0 spiro atoms. The van der Waals surface area contributed by atoms with E-state index in [4.69, 9.17) is 10.5 Å². The molecular weight excluding hydrogens is 202 g/mol. The van der Waals surface area contributed by atoms with Crippen molar-refractivity contribution in [2.45, 2.75) is 25.9 Å². The van der Waals surface area contributed by atoms with Crippen LogP contribution in [0.2, 0.25) is 0 Å². The summed E-state index contributed by atoms with van der Waals surface area (Å²) in [5, 5.41) is 0. The number of aromatic nitrogens is 1. The molecule has 16 heavy (non-hydrogen) atoms. The largest absolute Gasteiger partial charge is 0.397 e. The van der Waals surface area contributed by atoms with Crippen LogP contribution in [0.15, 0.2) is 12.3 Å². The van der Waals surface area contributed by atoms with Gasteiger partial charge in [0.05, 0.1) is 18.0 Å². The monoisotopic (exact) mass is 221 g/mol. The summed E-state index contributed by atoms with van der Waals surface area (Å²) in [6.45, 7) is 4.08. The van der Waals surface area contributed by atoms with Gasteiger partial charge >= 0.3 is 0 Å². The van der Waals surface area contributed by atoms with E-state index >= 15 is 0 Å². The molecule has 1 saturated heterocycles. The molecule has 0 atom stereocenters. The quantitative estimate of drug-likeness (QED) is 0.824. The lowest BCUT2D eigenvalue weighted by atomic mass is 10.1. The van der Waals surface area contributed by atoms with Crippen LogP contribution in [0.4, 0.5) is 11.5 Å². The smallest absolute Gasteiger partial charge is 0.131 e. The number of rotatable bonds is 2. The van der Waals surface area contributed by atoms with Gasteiger partial charge in [0.1, 0.15) is 5.82 Å². The summed E-state index contributed by atoms with van der Waals surface area (Å²) >= 11 is 0. The van der Waals surface area contributed by atoms with Gasteiger partial charge in [0.2, 0.25) is 0 Å². The first-order valence-electron chi connectivity index (χ1n) is 5.70. The molecule has 0 bridgehead atoms. The van der Waals surface area contributed by atoms with Gasteiger partial charge in [-0.25, -0.2) is 4.98 Å². The lowest BCUT2D eigenvalue weighted by Gasteiger charge is -2.32. The number of nitrogens with two attached hydrogens (primary N) is 1. The predicted octanol–water partition coefficient (Wildman–Crippen LogP) is 1.59. The molecule has 1 aliphatic rings. The van der Waals surface area contributed by atoms with Gasteiger partial charge in [-0.15, -0.1) is 0 Å². The number of nitrogen functional groups attached to an aromatic ring is 1. The Morgan fingerprint density at radius 3 is 2.69 bits per heavy atom. The second-order valence-corrected chi connectivity index (χ2v) is 4.33. The van der Waals surface area contributed by atoms with Gasteiger partial charge in [0.25, 0.3) is 0 Å². The van der Waals surface area contributed by atoms with Gasteiger partial charge in [0.15, 0.2) is 0 Å². The Bertz CT molecular complexity index is 359. The summed E-state index contributed by atoms with van der Waals surface area (Å²) in [6, 6.07) is 1.98. The molecular formula is C12H19N3O. The first kappa shape index (κ1) is 11.2. The minimum Gasteiger partial charge on any atom is -0.397 e. The maximum absolute atomic E-state index is 5.70. The van der Waals surface area contributed by atoms with E-state index < -0.39 is 0 Å². The average Bonchev–Trinajstić information content (AvgIpc) is 2.29. The molecule has 2 heterocycles. The van der Waals surface area contributed by atoms with E-state index in [1.807, 2.05) is 6.07 Å². The van der Waals surface area contributed by atoms with Crippen LogP contribution < -0.4 is 10.6 Å². The SMILES string of the molecule is COC1CCN(c2ncc(N)cc2C)CC1. The third-order valence-electron chi connectivity index (χ3n) is 3.15. The highest BCUT2D eigenvalue weighted by Crippen LogP contribution is 2.23. The van der Waals surface area contributed by atoms with Crippen LogP contribution in [0.5, 0.6) is 0 Å². The van der Waals surface area contributed by atoms with Crippen molar-refractivity contribution in [2.24, 2.45) is 0 Å². The number of hydrogen-bond acceptors (Lipinski definition) is 4. The zero-order valence-electron chi connectivity index (χ0n) is 9.94. The van der Waals surface area contributed by atoms with Gasteiger partial charge in [-0.3, -0.25) is 0 Å². The van der Waals surface area contributed by atoms with Gasteiger partial charge in [-0.05, 0) is 31.4 Å². The topological polar surface area (TPSA) is 51.4 Å². The summed E-state index contributed by atoms with van der Waals surface area (Å²) in [6.07, 6.45) is 4.28. The molecule has 88 valence electrons. The first-order chi connectivity index (χ1) is 7.70. The van der Waals surface area contributed by atoms with E-state index in [1.165, 1.54) is 0 Å². The maximum atomic E-state index is 5.70. The second-order valence-electron chi connectivity index (χ2n) is 4.33. The van der Waals surface area contributed by atoms with Crippen molar-refractivity contribution in [2.75, 3.05) is 30.8 Å². The van der Waals surface area contributed by atoms with Crippen LogP contribution in [0.25, 0.3) is 0 Å². The number of nitrogens with zero attached hydrogens (tertiary/aromatic N) is 2. The fourth-order valence-corrected chi connectivity index (χ4v) is 2.22. The van der Waals surface area contributed by atoms with Crippen molar-refractivity contribution < 1.29 is 4.74 Å². The Labute approximate surface area is 96.4 Å². The van der Waals surface area contributed by atoms with Gasteiger partial charge in [-0.1, -0.05) is 0 Å². The second kappa shape index (κ2) is 4.70. The van der Waals surface area contributed by atoms with Crippen molar-refractivity contribution in [3.8, 4) is 0 Å². The molecule has 4 heteroatoms. The Morgan fingerprint density at radius 1 is 1.44 bits per heavy atom. The first-order valence-corrected chi connectivity index (χ1v) is 5.70. The molecule has 0 saturated carbocycles. The van der Waals surface area contributed by atoms with Crippen LogP contribution >= 0.6 is 0 Å². The number of ether oxygens (including phenoxy) is 1. The Hall–Kier alpha value is -1.29. The zero-order chi connectivity index (χ0) is 11.5. The van der Waals surface area contributed by atoms with Crippen LogP contribution in [0, 0.1) is 6.92 Å². The van der Waals surface area contributed by atoms with Gasteiger partial charge < -0.3 is 15.4 Å². The molecule has 1 fully saturated rings. The minimum absolute atomic E-state index is 0.408. The van der Waals surface area contributed by atoms with Crippen molar-refractivity contribution in [1.29, 1.82) is 0 Å². The molecule has 1 aliphatic heterocycles. The van der Waals surface area contributed by atoms with E-state index in [-0.39, 0.29) is 0 Å². The summed E-state index contributed by atoms with van der Waals surface area (Å²) in [5.74, 6) is 1.06. The lowest BCUT2D eigenvalue weighted by Crippen LogP contribution is -2.37. The molecule has 0 aliphatic carbocycles. The third-order valence-corrected chi connectivity index (χ3v) is 3.15. The van der Waals surface area contributed by atoms with Crippen LogP contribution in [0.1, 0.15) is 18.4 Å². The van der Waals surface area contributed by atoms with E-state index in [0.29, 0.717) is 6.10 Å². The van der Waals surface area contributed by atoms with E-state index in [0.717, 1.165) is 43.0 Å². The Morgan fingerprint density at radius 2 is 2.12 bits per heavy atom. The number of aryl methyl sites for hydroxylation is 1. The standard InChI is InChI=1S/C12H19N3O/c1-9-7-10(13)8-14-12(9)15-5-3-11(16-2)4-6-15/h7-8,11H,3-6,13H2,1-2H3. The predicted molar refractivity (Wildman–Crippen MR) is 65.6 cm³/mol. The number of anilines is 2. The number of pyridine rings is 1. The molecule has 0 radical (unpaired) electrons. The van der Waals surface area contributed by atoms with Crippen LogP contribution in [-0.4, -0.2) is 31.3 Å². The van der Waals surface area contributed by atoms with Gasteiger partial charge in [0, 0.05) is 20.2 Å². The van der Waals surface area contributed by atoms with Crippen LogP contribution in [0.3, 0.4) is 0 Å². The number of methoxy groups -OCH3 is 1. The average molecular weight is 221 g/mol. The summed E-state index contributed by atoms with van der Waals surface area (Å²) in [7, 11) is 1.78. The Kier molecular flexibility index (Phi) is 3.29. The molecule has 0 unspecified atom stereocenters. The fourth-order valence-electron chi connectivity index (χ4n) is 2.22. The van der Waals surface area contributed by atoms with E-state index in [9.17, 15) is 0 Å². The summed E-state index contributed by atoms with van der Waals surface area (Å²) in [4.78, 5) is 6.72. The molecule has 1 aromatic rings.